The van der Waals surface area contributed by atoms with Crippen molar-refractivity contribution in [3.05, 3.63) is 12.2 Å². The third kappa shape index (κ3) is 5.93. The summed E-state index contributed by atoms with van der Waals surface area (Å²) in [7, 11) is 1.08. The second-order valence-corrected chi connectivity index (χ2v) is 9.92. The largest absolute Gasteiger partial charge is 0.481 e. The maximum atomic E-state index is 12.1. The molecule has 0 aromatic carbocycles. The zero-order valence-corrected chi connectivity index (χ0v) is 19.9. The molecule has 6 unspecified atom stereocenters. The van der Waals surface area contributed by atoms with E-state index >= 15 is 0 Å². The Labute approximate surface area is 194 Å². The molecule has 2 N–H and O–H groups in total. The van der Waals surface area contributed by atoms with Crippen molar-refractivity contribution in [2.75, 3.05) is 20.3 Å². The average molecular weight is 469 g/mol. The first kappa shape index (κ1) is 26.8. The quantitative estimate of drug-likeness (QED) is 0.366. The summed E-state index contributed by atoms with van der Waals surface area (Å²) >= 11 is 0. The SMILES string of the molecule is C=C1CCC2C(C)(COC(C)=O)CCCC2(C)C1COC(C(=O)O)C(CC(=O)O)C(=O)OC. The van der Waals surface area contributed by atoms with Crippen LogP contribution in [0.3, 0.4) is 0 Å². The molecule has 0 aromatic heterocycles. The van der Waals surface area contributed by atoms with E-state index in [4.69, 9.17) is 14.6 Å². The molecule has 9 heteroatoms. The molecule has 0 heterocycles. The first-order valence-electron chi connectivity index (χ1n) is 11.3. The number of rotatable bonds is 10. The predicted molar refractivity (Wildman–Crippen MR) is 117 cm³/mol. The van der Waals surface area contributed by atoms with Gasteiger partial charge in [0.05, 0.1) is 26.7 Å². The maximum Gasteiger partial charge on any atom is 0.333 e. The molecule has 0 aliphatic heterocycles. The van der Waals surface area contributed by atoms with E-state index in [0.29, 0.717) is 6.61 Å². The van der Waals surface area contributed by atoms with Gasteiger partial charge in [0.1, 0.15) is 5.92 Å². The van der Waals surface area contributed by atoms with E-state index in [-0.39, 0.29) is 35.2 Å². The zero-order valence-electron chi connectivity index (χ0n) is 19.9. The van der Waals surface area contributed by atoms with Crippen LogP contribution in [-0.4, -0.2) is 60.5 Å². The average Bonchev–Trinajstić information content (AvgIpc) is 2.72. The van der Waals surface area contributed by atoms with E-state index < -0.39 is 36.4 Å². The Balaban J connectivity index is 2.27. The fourth-order valence-electron chi connectivity index (χ4n) is 6.04. The van der Waals surface area contributed by atoms with Crippen LogP contribution in [0.1, 0.15) is 59.3 Å². The topological polar surface area (TPSA) is 136 Å². The summed E-state index contributed by atoms with van der Waals surface area (Å²) in [5.41, 5.74) is 0.461. The van der Waals surface area contributed by atoms with E-state index in [0.717, 1.165) is 44.8 Å². The van der Waals surface area contributed by atoms with Crippen molar-refractivity contribution in [1.82, 2.24) is 0 Å². The van der Waals surface area contributed by atoms with Crippen LogP contribution in [0.2, 0.25) is 0 Å². The van der Waals surface area contributed by atoms with Crippen LogP contribution in [0.15, 0.2) is 12.2 Å². The van der Waals surface area contributed by atoms with Gasteiger partial charge in [0.2, 0.25) is 0 Å². The molecule has 2 aliphatic carbocycles. The molecule has 0 amide bonds. The minimum Gasteiger partial charge on any atom is -0.481 e. The van der Waals surface area contributed by atoms with Crippen LogP contribution in [0, 0.1) is 28.6 Å². The molecule has 2 saturated carbocycles. The Morgan fingerprint density at radius 3 is 2.39 bits per heavy atom. The summed E-state index contributed by atoms with van der Waals surface area (Å²) in [5.74, 6) is -5.44. The molecular formula is C24H36O9. The van der Waals surface area contributed by atoms with Gasteiger partial charge in [-0.05, 0) is 37.0 Å². The normalized spacial score (nSPS) is 31.1. The summed E-state index contributed by atoms with van der Waals surface area (Å²) in [4.78, 5) is 46.7. The van der Waals surface area contributed by atoms with Gasteiger partial charge in [-0.15, -0.1) is 0 Å². The van der Waals surface area contributed by atoms with Crippen molar-refractivity contribution in [3.8, 4) is 0 Å². The van der Waals surface area contributed by atoms with Crippen molar-refractivity contribution >= 4 is 23.9 Å². The molecule has 2 fully saturated rings. The molecular weight excluding hydrogens is 432 g/mol. The molecule has 33 heavy (non-hydrogen) atoms. The molecule has 0 bridgehead atoms. The lowest BCUT2D eigenvalue weighted by Crippen LogP contribution is -2.53. The summed E-state index contributed by atoms with van der Waals surface area (Å²) in [6.07, 6.45) is 1.97. The molecule has 0 spiro atoms. The van der Waals surface area contributed by atoms with Gasteiger partial charge < -0.3 is 24.4 Å². The van der Waals surface area contributed by atoms with Gasteiger partial charge >= 0.3 is 23.9 Å². The summed E-state index contributed by atoms with van der Waals surface area (Å²) in [6.45, 7) is 10.2. The van der Waals surface area contributed by atoms with Gasteiger partial charge in [0.15, 0.2) is 6.10 Å². The standard InChI is InChI=1S/C24H36O9/c1-14-7-8-18-23(3,13-33-15(2)25)9-6-10-24(18,4)17(14)12-32-20(21(28)29)16(11-19(26)27)22(30)31-5/h16-18,20H,1,6-13H2,2-5H3,(H,26,27)(H,28,29). The smallest absolute Gasteiger partial charge is 0.333 e. The lowest BCUT2D eigenvalue weighted by molar-refractivity contribution is -0.173. The highest BCUT2D eigenvalue weighted by Gasteiger charge is 2.55. The molecule has 2 aliphatic rings. The number of hydrogen-bond donors (Lipinski definition) is 2. The zero-order chi connectivity index (χ0) is 25.0. The van der Waals surface area contributed by atoms with Crippen molar-refractivity contribution in [1.29, 1.82) is 0 Å². The van der Waals surface area contributed by atoms with Gasteiger partial charge in [-0.25, -0.2) is 4.79 Å². The number of carboxylic acids is 2. The summed E-state index contributed by atoms with van der Waals surface area (Å²) in [5, 5.41) is 18.9. The van der Waals surface area contributed by atoms with Gasteiger partial charge in [-0.1, -0.05) is 32.4 Å². The van der Waals surface area contributed by atoms with Crippen LogP contribution in [-0.2, 0) is 33.4 Å². The molecule has 186 valence electrons. The van der Waals surface area contributed by atoms with Crippen molar-refractivity contribution in [2.45, 2.75) is 65.4 Å². The highest BCUT2D eigenvalue weighted by Crippen LogP contribution is 2.61. The Kier molecular flexibility index (Phi) is 8.68. The number of fused-ring (bicyclic) bond motifs is 1. The summed E-state index contributed by atoms with van der Waals surface area (Å²) < 4.78 is 15.8. The van der Waals surface area contributed by atoms with Gasteiger partial charge in [0.25, 0.3) is 0 Å². The minimum atomic E-state index is -1.65. The summed E-state index contributed by atoms with van der Waals surface area (Å²) in [6, 6.07) is 0. The highest BCUT2D eigenvalue weighted by molar-refractivity contribution is 5.86. The van der Waals surface area contributed by atoms with Crippen LogP contribution >= 0.6 is 0 Å². The van der Waals surface area contributed by atoms with E-state index in [1.54, 1.807) is 0 Å². The van der Waals surface area contributed by atoms with E-state index in [9.17, 15) is 24.3 Å². The third-order valence-corrected chi connectivity index (χ3v) is 7.70. The predicted octanol–water partition coefficient (Wildman–Crippen LogP) is 3.06. The van der Waals surface area contributed by atoms with Gasteiger partial charge in [-0.2, -0.15) is 0 Å². The molecule has 0 radical (unpaired) electrons. The minimum absolute atomic E-state index is 0.000438. The number of carboxylic acid groups (broad SMARTS) is 2. The Morgan fingerprint density at radius 1 is 1.18 bits per heavy atom. The molecule has 0 saturated heterocycles. The lowest BCUT2D eigenvalue weighted by atomic mass is 9.47. The van der Waals surface area contributed by atoms with Crippen molar-refractivity contribution in [2.24, 2.45) is 28.6 Å². The number of esters is 2. The lowest BCUT2D eigenvalue weighted by Gasteiger charge is -2.58. The number of ether oxygens (including phenoxy) is 3. The fourth-order valence-corrected chi connectivity index (χ4v) is 6.04. The van der Waals surface area contributed by atoms with Gasteiger partial charge in [0, 0.05) is 18.3 Å². The molecule has 6 atom stereocenters. The number of aliphatic carboxylic acids is 2. The van der Waals surface area contributed by atoms with Crippen LogP contribution < -0.4 is 0 Å². The monoisotopic (exact) mass is 468 g/mol. The van der Waals surface area contributed by atoms with E-state index in [1.807, 2.05) is 0 Å². The Bertz CT molecular complexity index is 791. The van der Waals surface area contributed by atoms with E-state index in [2.05, 4.69) is 25.2 Å². The highest BCUT2D eigenvalue weighted by atomic mass is 16.5. The Morgan fingerprint density at radius 2 is 1.85 bits per heavy atom. The van der Waals surface area contributed by atoms with Gasteiger partial charge in [-0.3, -0.25) is 14.4 Å². The number of carbonyl (C=O) groups is 4. The molecule has 0 aromatic rings. The fraction of sp³-hybridized carbons (Fsp3) is 0.750. The second-order valence-electron chi connectivity index (χ2n) is 9.92. The third-order valence-electron chi connectivity index (χ3n) is 7.70. The van der Waals surface area contributed by atoms with Crippen molar-refractivity contribution < 1.29 is 43.6 Å². The molecule has 2 rings (SSSR count). The van der Waals surface area contributed by atoms with Crippen molar-refractivity contribution in [3.63, 3.8) is 0 Å². The van der Waals surface area contributed by atoms with E-state index in [1.165, 1.54) is 6.92 Å². The van der Waals surface area contributed by atoms with Crippen LogP contribution in [0.4, 0.5) is 0 Å². The number of methoxy groups -OCH3 is 1. The van der Waals surface area contributed by atoms with Crippen LogP contribution in [0.5, 0.6) is 0 Å². The van der Waals surface area contributed by atoms with Crippen LogP contribution in [0.25, 0.3) is 0 Å². The maximum absolute atomic E-state index is 12.1. The first-order valence-corrected chi connectivity index (χ1v) is 11.3. The Hall–Kier alpha value is -2.42. The number of hydrogen-bond acceptors (Lipinski definition) is 7. The molecule has 9 nitrogen and oxygen atoms in total. The number of carbonyl (C=O) groups excluding carboxylic acids is 2. The second kappa shape index (κ2) is 10.7. The first-order chi connectivity index (χ1) is 15.4.